The van der Waals surface area contributed by atoms with E-state index in [1.54, 1.807) is 12.2 Å². The maximum Gasteiger partial charge on any atom is 0.408 e. The molecule has 2 N–H and O–H groups in total. The van der Waals surface area contributed by atoms with Crippen molar-refractivity contribution in [2.75, 3.05) is 6.61 Å². The minimum atomic E-state index is -0.493. The van der Waals surface area contributed by atoms with Crippen LogP contribution < -0.4 is 5.32 Å². The number of nitrogens with one attached hydrogen (secondary N) is 1. The first kappa shape index (κ1) is 16.0. The van der Waals surface area contributed by atoms with Gasteiger partial charge >= 0.3 is 6.09 Å². The molecule has 1 amide bonds. The number of hydrogen-bond donors (Lipinski definition) is 2. The maximum absolute atomic E-state index is 11.6. The van der Waals surface area contributed by atoms with Gasteiger partial charge in [-0.1, -0.05) is 26.0 Å². The number of carbonyl (C=O) groups excluding carboxylic acids is 1. The number of alkyl carbamates (subject to hydrolysis) is 1. The van der Waals surface area contributed by atoms with E-state index in [1.807, 2.05) is 20.8 Å². The van der Waals surface area contributed by atoms with Crippen molar-refractivity contribution in [3.8, 4) is 0 Å². The van der Waals surface area contributed by atoms with Crippen molar-refractivity contribution in [2.24, 2.45) is 5.92 Å². The molecule has 0 aromatic heterocycles. The third kappa shape index (κ3) is 9.87. The zero-order valence-corrected chi connectivity index (χ0v) is 11.5. The fourth-order valence-corrected chi connectivity index (χ4v) is 1.38. The number of rotatable bonds is 5. The van der Waals surface area contributed by atoms with Crippen LogP contribution in [-0.4, -0.2) is 29.4 Å². The second-order valence-electron chi connectivity index (χ2n) is 5.49. The molecule has 0 radical (unpaired) electrons. The van der Waals surface area contributed by atoms with Gasteiger partial charge in [0.15, 0.2) is 0 Å². The third-order valence-electron chi connectivity index (χ3n) is 1.90. The topological polar surface area (TPSA) is 58.6 Å². The largest absolute Gasteiger partial charge is 0.444 e. The number of hydrogen-bond acceptors (Lipinski definition) is 3. The van der Waals surface area contributed by atoms with Gasteiger partial charge in [-0.25, -0.2) is 4.79 Å². The molecule has 0 aliphatic heterocycles. The Kier molecular flexibility index (Phi) is 6.88. The van der Waals surface area contributed by atoms with Crippen LogP contribution in [0.4, 0.5) is 4.79 Å². The minimum absolute atomic E-state index is 0.0232. The number of carbonyl (C=O) groups is 1. The predicted octanol–water partition coefficient (Wildman–Crippen LogP) is 2.47. The molecule has 100 valence electrons. The zero-order valence-electron chi connectivity index (χ0n) is 11.5. The van der Waals surface area contributed by atoms with Crippen LogP contribution >= 0.6 is 0 Å². The summed E-state index contributed by atoms with van der Waals surface area (Å²) in [5, 5.41) is 11.5. The Hall–Kier alpha value is -1.03. The fourth-order valence-electron chi connectivity index (χ4n) is 1.38. The van der Waals surface area contributed by atoms with Crippen molar-refractivity contribution in [3.05, 3.63) is 12.2 Å². The molecule has 0 aliphatic rings. The van der Waals surface area contributed by atoms with Crippen LogP contribution in [0.25, 0.3) is 0 Å². The monoisotopic (exact) mass is 243 g/mol. The summed E-state index contributed by atoms with van der Waals surface area (Å²) >= 11 is 0. The lowest BCUT2D eigenvalue weighted by molar-refractivity contribution is 0.0510. The van der Waals surface area contributed by atoms with Crippen molar-refractivity contribution >= 4 is 6.09 Å². The smallest absolute Gasteiger partial charge is 0.408 e. The number of amides is 1. The van der Waals surface area contributed by atoms with E-state index < -0.39 is 11.7 Å². The summed E-state index contributed by atoms with van der Waals surface area (Å²) in [6.07, 6.45) is 3.81. The summed E-state index contributed by atoms with van der Waals surface area (Å²) in [4.78, 5) is 11.6. The number of ether oxygens (including phenoxy) is 1. The summed E-state index contributed by atoms with van der Waals surface area (Å²) in [6, 6.07) is -0.100. The van der Waals surface area contributed by atoms with Crippen LogP contribution in [0.3, 0.4) is 0 Å². The Labute approximate surface area is 104 Å². The average Bonchev–Trinajstić information content (AvgIpc) is 2.09. The molecule has 0 bridgehead atoms. The van der Waals surface area contributed by atoms with Crippen molar-refractivity contribution in [1.82, 2.24) is 5.32 Å². The van der Waals surface area contributed by atoms with E-state index in [0.717, 1.165) is 6.42 Å². The molecule has 1 atom stereocenters. The van der Waals surface area contributed by atoms with Crippen LogP contribution in [0, 0.1) is 5.92 Å². The zero-order chi connectivity index (χ0) is 13.5. The molecule has 0 aliphatic carbocycles. The first-order valence-corrected chi connectivity index (χ1v) is 6.01. The highest BCUT2D eigenvalue weighted by Gasteiger charge is 2.18. The summed E-state index contributed by atoms with van der Waals surface area (Å²) in [5.41, 5.74) is -0.493. The Balaban J connectivity index is 4.32. The summed E-state index contributed by atoms with van der Waals surface area (Å²) in [6.45, 7) is 9.62. The molecule has 1 unspecified atom stereocenters. The van der Waals surface area contributed by atoms with E-state index in [4.69, 9.17) is 9.84 Å². The third-order valence-corrected chi connectivity index (χ3v) is 1.90. The van der Waals surface area contributed by atoms with Gasteiger partial charge in [0.2, 0.25) is 0 Å². The Bertz CT molecular complexity index is 254. The quantitative estimate of drug-likeness (QED) is 0.729. The molecular formula is C13H25NO3. The van der Waals surface area contributed by atoms with E-state index in [0.29, 0.717) is 5.92 Å². The Morgan fingerprint density at radius 1 is 1.41 bits per heavy atom. The fraction of sp³-hybridized carbons (Fsp3) is 0.769. The number of aliphatic hydroxyl groups is 1. The van der Waals surface area contributed by atoms with Crippen molar-refractivity contribution in [1.29, 1.82) is 0 Å². The molecule has 0 aromatic rings. The lowest BCUT2D eigenvalue weighted by Gasteiger charge is -2.23. The summed E-state index contributed by atoms with van der Waals surface area (Å²) < 4.78 is 5.18. The second kappa shape index (κ2) is 7.33. The molecule has 0 spiro atoms. The second-order valence-corrected chi connectivity index (χ2v) is 5.49. The Morgan fingerprint density at radius 3 is 2.41 bits per heavy atom. The van der Waals surface area contributed by atoms with Gasteiger partial charge in [0, 0.05) is 0 Å². The van der Waals surface area contributed by atoms with Crippen molar-refractivity contribution in [3.63, 3.8) is 0 Å². The Morgan fingerprint density at radius 2 is 2.00 bits per heavy atom. The van der Waals surface area contributed by atoms with Gasteiger partial charge in [0.25, 0.3) is 0 Å². The van der Waals surface area contributed by atoms with Gasteiger partial charge in [-0.2, -0.15) is 0 Å². The molecule has 0 fully saturated rings. The van der Waals surface area contributed by atoms with Crippen LogP contribution in [0.5, 0.6) is 0 Å². The standard InChI is InChI=1S/C13H25NO3/c1-10(2)9-11(7-6-8-15)14-12(16)17-13(3,4)5/h6-7,10-11,15H,8-9H2,1-5H3,(H,14,16). The molecule has 4 nitrogen and oxygen atoms in total. The van der Waals surface area contributed by atoms with Gasteiger partial charge in [0.05, 0.1) is 12.6 Å². The average molecular weight is 243 g/mol. The van der Waals surface area contributed by atoms with Gasteiger partial charge in [0.1, 0.15) is 5.60 Å². The molecule has 0 saturated heterocycles. The van der Waals surface area contributed by atoms with Crippen LogP contribution in [0.15, 0.2) is 12.2 Å². The summed E-state index contributed by atoms with van der Waals surface area (Å²) in [7, 11) is 0. The number of aliphatic hydroxyl groups excluding tert-OH is 1. The van der Waals surface area contributed by atoms with E-state index in [9.17, 15) is 4.79 Å². The highest BCUT2D eigenvalue weighted by Crippen LogP contribution is 2.09. The lowest BCUT2D eigenvalue weighted by Crippen LogP contribution is -2.38. The van der Waals surface area contributed by atoms with Crippen molar-refractivity contribution < 1.29 is 14.6 Å². The predicted molar refractivity (Wildman–Crippen MR) is 68.8 cm³/mol. The summed E-state index contributed by atoms with van der Waals surface area (Å²) in [5.74, 6) is 0.457. The van der Waals surface area contributed by atoms with Crippen molar-refractivity contribution in [2.45, 2.75) is 52.7 Å². The normalized spacial score (nSPS) is 14.1. The first-order chi connectivity index (χ1) is 7.74. The molecule has 0 heterocycles. The highest BCUT2D eigenvalue weighted by molar-refractivity contribution is 5.68. The van der Waals surface area contributed by atoms with Gasteiger partial charge in [-0.05, 0) is 33.1 Å². The SMILES string of the molecule is CC(C)CC(C=CCO)NC(=O)OC(C)(C)C. The van der Waals surface area contributed by atoms with Crippen LogP contribution in [0.1, 0.15) is 41.0 Å². The molecular weight excluding hydrogens is 218 g/mol. The van der Waals surface area contributed by atoms with Gasteiger partial charge in [-0.15, -0.1) is 0 Å². The van der Waals surface area contributed by atoms with E-state index in [1.165, 1.54) is 0 Å². The molecule has 17 heavy (non-hydrogen) atoms. The highest BCUT2D eigenvalue weighted by atomic mass is 16.6. The van der Waals surface area contributed by atoms with E-state index in [2.05, 4.69) is 19.2 Å². The lowest BCUT2D eigenvalue weighted by atomic mass is 10.0. The molecule has 0 rings (SSSR count). The minimum Gasteiger partial charge on any atom is -0.444 e. The van der Waals surface area contributed by atoms with Gasteiger partial charge < -0.3 is 15.2 Å². The molecule has 0 aromatic carbocycles. The first-order valence-electron chi connectivity index (χ1n) is 6.01. The van der Waals surface area contributed by atoms with Crippen LogP contribution in [-0.2, 0) is 4.74 Å². The van der Waals surface area contributed by atoms with Gasteiger partial charge in [-0.3, -0.25) is 0 Å². The van der Waals surface area contributed by atoms with E-state index >= 15 is 0 Å². The van der Waals surface area contributed by atoms with Crippen LogP contribution in [0.2, 0.25) is 0 Å². The van der Waals surface area contributed by atoms with E-state index in [-0.39, 0.29) is 12.6 Å². The molecule has 0 saturated carbocycles. The maximum atomic E-state index is 11.6. The molecule has 4 heteroatoms.